The summed E-state index contributed by atoms with van der Waals surface area (Å²) in [7, 11) is 0. The van der Waals surface area contributed by atoms with Crippen LogP contribution in [-0.4, -0.2) is 25.6 Å². The van der Waals surface area contributed by atoms with Crippen LogP contribution in [0.2, 0.25) is 0 Å². The van der Waals surface area contributed by atoms with Crippen LogP contribution in [0.1, 0.15) is 16.2 Å². The third-order valence-electron chi connectivity index (χ3n) is 3.13. The lowest BCUT2D eigenvalue weighted by atomic mass is 10.2. The Kier molecular flexibility index (Phi) is 3.57. The van der Waals surface area contributed by atoms with E-state index in [1.807, 2.05) is 35.9 Å². The summed E-state index contributed by atoms with van der Waals surface area (Å²) in [6, 6.07) is 10.2. The van der Waals surface area contributed by atoms with E-state index in [0.717, 1.165) is 11.5 Å². The Balaban J connectivity index is 1.89. The molecule has 0 atom stereocenters. The molecular formula is C16H13N3O3. The molecule has 3 aromatic rings. The lowest BCUT2D eigenvalue weighted by molar-refractivity contribution is 0.0696. The minimum absolute atomic E-state index is 0.131. The van der Waals surface area contributed by atoms with Crippen molar-refractivity contribution in [1.82, 2.24) is 14.5 Å². The van der Waals surface area contributed by atoms with Crippen molar-refractivity contribution in [2.45, 2.75) is 6.92 Å². The van der Waals surface area contributed by atoms with Crippen LogP contribution < -0.4 is 4.74 Å². The van der Waals surface area contributed by atoms with Crippen LogP contribution >= 0.6 is 0 Å². The normalized spacial score (nSPS) is 10.4. The van der Waals surface area contributed by atoms with Crippen LogP contribution in [0.3, 0.4) is 0 Å². The summed E-state index contributed by atoms with van der Waals surface area (Å²) < 4.78 is 7.56. The van der Waals surface area contributed by atoms with Gasteiger partial charge in [-0.05, 0) is 25.1 Å². The van der Waals surface area contributed by atoms with Crippen molar-refractivity contribution in [3.8, 4) is 17.3 Å². The van der Waals surface area contributed by atoms with E-state index in [4.69, 9.17) is 9.84 Å². The van der Waals surface area contributed by atoms with Gasteiger partial charge in [0.15, 0.2) is 0 Å². The zero-order chi connectivity index (χ0) is 15.5. The fourth-order valence-corrected chi connectivity index (χ4v) is 2.07. The van der Waals surface area contributed by atoms with Crippen molar-refractivity contribution >= 4 is 5.97 Å². The Labute approximate surface area is 126 Å². The lowest BCUT2D eigenvalue weighted by Gasteiger charge is -2.09. The molecule has 6 heteroatoms. The Morgan fingerprint density at radius 1 is 1.18 bits per heavy atom. The zero-order valence-electron chi connectivity index (χ0n) is 11.8. The summed E-state index contributed by atoms with van der Waals surface area (Å²) in [6.07, 6.45) is 4.99. The third kappa shape index (κ3) is 2.80. The first-order valence-electron chi connectivity index (χ1n) is 6.61. The van der Waals surface area contributed by atoms with Gasteiger partial charge in [-0.25, -0.2) is 14.8 Å². The van der Waals surface area contributed by atoms with Crippen molar-refractivity contribution in [2.75, 3.05) is 0 Å². The first-order valence-corrected chi connectivity index (χ1v) is 6.61. The molecule has 6 nitrogen and oxygen atoms in total. The molecule has 0 aliphatic heterocycles. The molecular weight excluding hydrogens is 282 g/mol. The smallest absolute Gasteiger partial charge is 0.335 e. The highest BCUT2D eigenvalue weighted by Crippen LogP contribution is 2.23. The van der Waals surface area contributed by atoms with E-state index in [-0.39, 0.29) is 11.4 Å². The number of carboxylic acid groups (broad SMARTS) is 1. The molecule has 0 radical (unpaired) electrons. The molecule has 0 aliphatic rings. The molecule has 0 spiro atoms. The van der Waals surface area contributed by atoms with Gasteiger partial charge in [-0.1, -0.05) is 6.07 Å². The Morgan fingerprint density at radius 3 is 2.77 bits per heavy atom. The van der Waals surface area contributed by atoms with Crippen LogP contribution in [0, 0.1) is 6.92 Å². The fraction of sp³-hybridized carbons (Fsp3) is 0.0625. The number of aryl methyl sites for hydroxylation is 1. The summed E-state index contributed by atoms with van der Waals surface area (Å²) >= 11 is 0. The van der Waals surface area contributed by atoms with Crippen LogP contribution in [0.4, 0.5) is 0 Å². The molecule has 0 fully saturated rings. The number of nitrogens with zero attached hydrogens (tertiary/aromatic N) is 3. The second-order valence-electron chi connectivity index (χ2n) is 4.63. The molecule has 0 saturated carbocycles. The van der Waals surface area contributed by atoms with Gasteiger partial charge in [-0.15, -0.1) is 0 Å². The van der Waals surface area contributed by atoms with Crippen molar-refractivity contribution < 1.29 is 14.6 Å². The number of hydrogen-bond acceptors (Lipinski definition) is 4. The average molecular weight is 295 g/mol. The zero-order valence-corrected chi connectivity index (χ0v) is 11.8. The van der Waals surface area contributed by atoms with E-state index in [1.54, 1.807) is 12.3 Å². The van der Waals surface area contributed by atoms with Crippen molar-refractivity contribution in [1.29, 1.82) is 0 Å². The average Bonchev–Trinajstić information content (AvgIpc) is 2.94. The number of aromatic nitrogens is 3. The molecule has 2 heterocycles. The number of carbonyl (C=O) groups is 1. The van der Waals surface area contributed by atoms with Crippen molar-refractivity contribution in [3.05, 3.63) is 66.4 Å². The second kappa shape index (κ2) is 5.69. The highest BCUT2D eigenvalue weighted by molar-refractivity contribution is 5.87. The van der Waals surface area contributed by atoms with Crippen LogP contribution in [0.15, 0.2) is 55.0 Å². The number of imidazole rings is 1. The number of aromatic carboxylic acids is 1. The van der Waals surface area contributed by atoms with Crippen LogP contribution in [-0.2, 0) is 0 Å². The molecule has 3 rings (SSSR count). The number of pyridine rings is 1. The van der Waals surface area contributed by atoms with Gasteiger partial charge in [-0.3, -0.25) is 0 Å². The monoisotopic (exact) mass is 295 g/mol. The lowest BCUT2D eigenvalue weighted by Crippen LogP contribution is -1.98. The largest absolute Gasteiger partial charge is 0.478 e. The standard InChI is InChI=1S/C16H13N3O3/c1-11-17-7-8-19(11)13-3-2-4-14(10-13)22-15-9-12(16(20)21)5-6-18-15/h2-10H,1H3,(H,20,21). The van der Waals surface area contributed by atoms with Crippen molar-refractivity contribution in [2.24, 2.45) is 0 Å². The summed E-state index contributed by atoms with van der Waals surface area (Å²) in [5, 5.41) is 8.98. The van der Waals surface area contributed by atoms with E-state index in [2.05, 4.69) is 9.97 Å². The molecule has 0 aliphatic carbocycles. The number of carboxylic acids is 1. The predicted octanol–water partition coefficient (Wildman–Crippen LogP) is 3.07. The fourth-order valence-electron chi connectivity index (χ4n) is 2.07. The predicted molar refractivity (Wildman–Crippen MR) is 79.6 cm³/mol. The number of ether oxygens (including phenoxy) is 1. The summed E-state index contributed by atoms with van der Waals surface area (Å²) in [5.74, 6) is 0.651. The molecule has 2 aromatic heterocycles. The Hall–Kier alpha value is -3.15. The maximum Gasteiger partial charge on any atom is 0.335 e. The molecule has 0 amide bonds. The van der Waals surface area contributed by atoms with Gasteiger partial charge in [0.05, 0.1) is 11.3 Å². The molecule has 0 bridgehead atoms. The van der Waals surface area contributed by atoms with Crippen LogP contribution in [0.5, 0.6) is 11.6 Å². The van der Waals surface area contributed by atoms with Gasteiger partial charge in [0.1, 0.15) is 11.6 Å². The maximum atomic E-state index is 11.0. The van der Waals surface area contributed by atoms with Gasteiger partial charge in [-0.2, -0.15) is 0 Å². The molecule has 0 saturated heterocycles. The van der Waals surface area contributed by atoms with E-state index >= 15 is 0 Å². The topological polar surface area (TPSA) is 77.2 Å². The summed E-state index contributed by atoms with van der Waals surface area (Å²) in [4.78, 5) is 19.2. The summed E-state index contributed by atoms with van der Waals surface area (Å²) in [6.45, 7) is 1.91. The van der Waals surface area contributed by atoms with Crippen LogP contribution in [0.25, 0.3) is 5.69 Å². The third-order valence-corrected chi connectivity index (χ3v) is 3.13. The van der Waals surface area contributed by atoms with Crippen molar-refractivity contribution in [3.63, 3.8) is 0 Å². The van der Waals surface area contributed by atoms with Gasteiger partial charge >= 0.3 is 5.97 Å². The summed E-state index contributed by atoms with van der Waals surface area (Å²) in [5.41, 5.74) is 1.04. The Bertz CT molecular complexity index is 827. The minimum Gasteiger partial charge on any atom is -0.478 e. The van der Waals surface area contributed by atoms with E-state index < -0.39 is 5.97 Å². The number of hydrogen-bond donors (Lipinski definition) is 1. The molecule has 0 unspecified atom stereocenters. The van der Waals surface area contributed by atoms with Gasteiger partial charge < -0.3 is 14.4 Å². The Morgan fingerprint density at radius 2 is 2.05 bits per heavy atom. The first kappa shape index (κ1) is 13.8. The van der Waals surface area contributed by atoms with E-state index in [9.17, 15) is 4.79 Å². The SMILES string of the molecule is Cc1nccn1-c1cccc(Oc2cc(C(=O)O)ccn2)c1. The second-order valence-corrected chi connectivity index (χ2v) is 4.63. The van der Waals surface area contributed by atoms with Gasteiger partial charge in [0.25, 0.3) is 0 Å². The molecule has 22 heavy (non-hydrogen) atoms. The maximum absolute atomic E-state index is 11.0. The van der Waals surface area contributed by atoms with Gasteiger partial charge in [0.2, 0.25) is 5.88 Å². The number of benzene rings is 1. The first-order chi connectivity index (χ1) is 10.6. The highest BCUT2D eigenvalue weighted by Gasteiger charge is 2.07. The van der Waals surface area contributed by atoms with E-state index in [1.165, 1.54) is 18.3 Å². The molecule has 1 aromatic carbocycles. The molecule has 1 N–H and O–H groups in total. The molecule has 110 valence electrons. The van der Waals surface area contributed by atoms with Gasteiger partial charge in [0, 0.05) is 30.7 Å². The minimum atomic E-state index is -1.02. The number of rotatable bonds is 4. The quantitative estimate of drug-likeness (QED) is 0.800. The highest BCUT2D eigenvalue weighted by atomic mass is 16.5. The van der Waals surface area contributed by atoms with E-state index in [0.29, 0.717) is 5.75 Å².